The molecule has 1 heterocycles. The maximum atomic E-state index is 5.63. The van der Waals surface area contributed by atoms with Gasteiger partial charge in [-0.25, -0.2) is 9.98 Å². The summed E-state index contributed by atoms with van der Waals surface area (Å²) in [5.41, 5.74) is 1.08. The van der Waals surface area contributed by atoms with Crippen LogP contribution in [0.4, 0.5) is 0 Å². The van der Waals surface area contributed by atoms with Crippen LogP contribution in [0, 0.1) is 5.92 Å². The molecule has 0 radical (unpaired) electrons. The molecule has 2 N–H and O–H groups in total. The van der Waals surface area contributed by atoms with Crippen molar-refractivity contribution in [2.75, 3.05) is 13.2 Å². The van der Waals surface area contributed by atoms with Crippen LogP contribution in [0.5, 0.6) is 5.88 Å². The maximum Gasteiger partial charge on any atom is 0.213 e. The fraction of sp³-hybridized carbons (Fsp3) is 0.625. The molecule has 0 spiro atoms. The Kier molecular flexibility index (Phi) is 8.52. The SMILES string of the molecule is CCNC(=NCc1ccc(OCC2CC2)nc1)NC(C)C.I. The number of guanidine groups is 1. The van der Waals surface area contributed by atoms with Gasteiger partial charge in [-0.1, -0.05) is 6.07 Å². The molecule has 0 aliphatic heterocycles. The molecule has 1 aliphatic rings. The highest BCUT2D eigenvalue weighted by atomic mass is 127. The number of hydrogen-bond acceptors (Lipinski definition) is 3. The minimum atomic E-state index is 0. The Labute approximate surface area is 150 Å². The number of rotatable bonds is 7. The molecule has 0 amide bonds. The van der Waals surface area contributed by atoms with Crippen LogP contribution < -0.4 is 15.4 Å². The number of hydrogen-bond donors (Lipinski definition) is 2. The quantitative estimate of drug-likeness (QED) is 0.406. The highest BCUT2D eigenvalue weighted by molar-refractivity contribution is 14.0. The average Bonchev–Trinajstić information content (AvgIpc) is 3.27. The smallest absolute Gasteiger partial charge is 0.213 e. The van der Waals surface area contributed by atoms with Gasteiger partial charge in [-0.3, -0.25) is 0 Å². The van der Waals surface area contributed by atoms with Crippen LogP contribution in [0.15, 0.2) is 23.3 Å². The largest absolute Gasteiger partial charge is 0.477 e. The van der Waals surface area contributed by atoms with E-state index in [1.807, 2.05) is 18.3 Å². The molecule has 1 aromatic heterocycles. The first-order valence-corrected chi connectivity index (χ1v) is 7.80. The van der Waals surface area contributed by atoms with Crippen molar-refractivity contribution in [2.24, 2.45) is 10.9 Å². The van der Waals surface area contributed by atoms with Crippen LogP contribution in [0.2, 0.25) is 0 Å². The zero-order valence-electron chi connectivity index (χ0n) is 13.6. The van der Waals surface area contributed by atoms with Crippen molar-refractivity contribution in [3.05, 3.63) is 23.9 Å². The molecule has 0 bridgehead atoms. The second-order valence-electron chi connectivity index (χ2n) is 5.75. The molecule has 0 aromatic carbocycles. The van der Waals surface area contributed by atoms with Gasteiger partial charge in [0.1, 0.15) is 0 Å². The lowest BCUT2D eigenvalue weighted by Gasteiger charge is -2.13. The molecule has 0 atom stereocenters. The summed E-state index contributed by atoms with van der Waals surface area (Å²) in [5, 5.41) is 6.52. The van der Waals surface area contributed by atoms with Crippen LogP contribution in [-0.4, -0.2) is 30.1 Å². The van der Waals surface area contributed by atoms with Gasteiger partial charge in [0, 0.05) is 24.8 Å². The fourth-order valence-corrected chi connectivity index (χ4v) is 1.84. The summed E-state index contributed by atoms with van der Waals surface area (Å²) in [6.07, 6.45) is 4.43. The molecular formula is C16H27IN4O. The molecule has 22 heavy (non-hydrogen) atoms. The lowest BCUT2D eigenvalue weighted by molar-refractivity contribution is 0.288. The van der Waals surface area contributed by atoms with Crippen molar-refractivity contribution >= 4 is 29.9 Å². The van der Waals surface area contributed by atoms with E-state index in [1.165, 1.54) is 12.8 Å². The minimum absolute atomic E-state index is 0. The number of aromatic nitrogens is 1. The summed E-state index contributed by atoms with van der Waals surface area (Å²) in [6, 6.07) is 4.31. The van der Waals surface area contributed by atoms with Crippen LogP contribution in [-0.2, 0) is 6.54 Å². The highest BCUT2D eigenvalue weighted by Crippen LogP contribution is 2.29. The first kappa shape index (κ1) is 19.0. The second kappa shape index (κ2) is 9.86. The Morgan fingerprint density at radius 3 is 2.73 bits per heavy atom. The van der Waals surface area contributed by atoms with Gasteiger partial charge in [0.25, 0.3) is 0 Å². The lowest BCUT2D eigenvalue weighted by Crippen LogP contribution is -2.40. The molecule has 5 nitrogen and oxygen atoms in total. The van der Waals surface area contributed by atoms with Gasteiger partial charge in [-0.15, -0.1) is 24.0 Å². The van der Waals surface area contributed by atoms with E-state index in [0.29, 0.717) is 18.5 Å². The summed E-state index contributed by atoms with van der Waals surface area (Å²) in [6.45, 7) is 8.52. The molecule has 1 aliphatic carbocycles. The summed E-state index contributed by atoms with van der Waals surface area (Å²) in [7, 11) is 0. The monoisotopic (exact) mass is 418 g/mol. The average molecular weight is 418 g/mol. The molecule has 6 heteroatoms. The van der Waals surface area contributed by atoms with Crippen LogP contribution in [0.3, 0.4) is 0 Å². The minimum Gasteiger partial charge on any atom is -0.477 e. The van der Waals surface area contributed by atoms with E-state index in [2.05, 4.69) is 41.4 Å². The van der Waals surface area contributed by atoms with Crippen molar-refractivity contribution in [3.63, 3.8) is 0 Å². The zero-order chi connectivity index (χ0) is 15.1. The van der Waals surface area contributed by atoms with E-state index < -0.39 is 0 Å². The predicted molar refractivity (Wildman–Crippen MR) is 101 cm³/mol. The Morgan fingerprint density at radius 2 is 2.18 bits per heavy atom. The van der Waals surface area contributed by atoms with Gasteiger partial charge in [0.15, 0.2) is 5.96 Å². The third kappa shape index (κ3) is 7.29. The summed E-state index contributed by atoms with van der Waals surface area (Å²) < 4.78 is 5.63. The molecule has 124 valence electrons. The Bertz CT molecular complexity index is 458. The van der Waals surface area contributed by atoms with E-state index in [0.717, 1.165) is 30.6 Å². The Hall–Kier alpha value is -1.05. The normalized spacial score (nSPS) is 14.5. The summed E-state index contributed by atoms with van der Waals surface area (Å²) in [4.78, 5) is 8.88. The van der Waals surface area contributed by atoms with Crippen molar-refractivity contribution in [1.82, 2.24) is 15.6 Å². The van der Waals surface area contributed by atoms with Gasteiger partial charge in [-0.05, 0) is 45.1 Å². The molecule has 1 aromatic rings. The van der Waals surface area contributed by atoms with Gasteiger partial charge >= 0.3 is 0 Å². The predicted octanol–water partition coefficient (Wildman–Crippen LogP) is 2.95. The topological polar surface area (TPSA) is 58.5 Å². The lowest BCUT2D eigenvalue weighted by atomic mass is 10.3. The van der Waals surface area contributed by atoms with Gasteiger partial charge in [0.05, 0.1) is 13.2 Å². The summed E-state index contributed by atoms with van der Waals surface area (Å²) >= 11 is 0. The number of pyridine rings is 1. The first-order valence-electron chi connectivity index (χ1n) is 7.80. The standard InChI is InChI=1S/C16H26N4O.HI/c1-4-17-16(20-12(2)3)19-10-14-7-8-15(18-9-14)21-11-13-5-6-13;/h7-9,12-13H,4-6,10-11H2,1-3H3,(H2,17,19,20);1H. The van der Waals surface area contributed by atoms with Crippen molar-refractivity contribution in [1.29, 1.82) is 0 Å². The molecule has 0 unspecified atom stereocenters. The molecular weight excluding hydrogens is 391 g/mol. The van der Waals surface area contributed by atoms with Gasteiger partial charge in [-0.2, -0.15) is 0 Å². The molecule has 2 rings (SSSR count). The third-order valence-corrected chi connectivity index (χ3v) is 3.15. The summed E-state index contributed by atoms with van der Waals surface area (Å²) in [5.74, 6) is 2.30. The van der Waals surface area contributed by atoms with Crippen LogP contribution in [0.1, 0.15) is 39.2 Å². The Balaban J connectivity index is 0.00000242. The van der Waals surface area contributed by atoms with E-state index in [9.17, 15) is 0 Å². The highest BCUT2D eigenvalue weighted by Gasteiger charge is 2.21. The zero-order valence-corrected chi connectivity index (χ0v) is 16.0. The van der Waals surface area contributed by atoms with Crippen molar-refractivity contribution < 1.29 is 4.74 Å². The van der Waals surface area contributed by atoms with Crippen LogP contribution >= 0.6 is 24.0 Å². The van der Waals surface area contributed by atoms with Gasteiger partial charge in [0.2, 0.25) is 5.88 Å². The fourth-order valence-electron chi connectivity index (χ4n) is 1.84. The third-order valence-electron chi connectivity index (χ3n) is 3.15. The number of halogens is 1. The van der Waals surface area contributed by atoms with E-state index in [-0.39, 0.29) is 24.0 Å². The number of aliphatic imine (C=N–C) groups is 1. The molecule has 1 saturated carbocycles. The van der Waals surface area contributed by atoms with E-state index >= 15 is 0 Å². The maximum absolute atomic E-state index is 5.63. The van der Waals surface area contributed by atoms with Crippen molar-refractivity contribution in [2.45, 2.75) is 46.2 Å². The van der Waals surface area contributed by atoms with E-state index in [1.54, 1.807) is 0 Å². The number of nitrogens with zero attached hydrogens (tertiary/aromatic N) is 2. The molecule has 0 saturated heterocycles. The number of nitrogens with one attached hydrogen (secondary N) is 2. The second-order valence-corrected chi connectivity index (χ2v) is 5.75. The molecule has 1 fully saturated rings. The van der Waals surface area contributed by atoms with Gasteiger partial charge < -0.3 is 15.4 Å². The van der Waals surface area contributed by atoms with E-state index in [4.69, 9.17) is 4.74 Å². The Morgan fingerprint density at radius 1 is 1.41 bits per heavy atom. The van der Waals surface area contributed by atoms with Crippen LogP contribution in [0.25, 0.3) is 0 Å². The first-order chi connectivity index (χ1) is 10.2. The van der Waals surface area contributed by atoms with Crippen molar-refractivity contribution in [3.8, 4) is 5.88 Å². The number of ether oxygens (including phenoxy) is 1.